The highest BCUT2D eigenvalue weighted by atomic mass is 16.5. The topological polar surface area (TPSA) is 186 Å². The van der Waals surface area contributed by atoms with Crippen LogP contribution in [0, 0.1) is 17.3 Å². The van der Waals surface area contributed by atoms with Gasteiger partial charge in [-0.05, 0) is 97.7 Å². The molecule has 2 aromatic heterocycles. The molecule has 15 heteroatoms. The molecule has 3 saturated heterocycles. The lowest BCUT2D eigenvalue weighted by atomic mass is 9.84. The molecule has 6 bridgehead atoms. The molecule has 0 spiro atoms. The number of likely N-dealkylation sites (tertiary alicyclic amines) is 1. The number of aromatic hydroxyl groups is 1. The summed E-state index contributed by atoms with van der Waals surface area (Å²) in [7, 11) is 1.68. The van der Waals surface area contributed by atoms with E-state index in [0.29, 0.717) is 57.5 Å². The molecule has 3 fully saturated rings. The normalized spacial score (nSPS) is 22.4. The summed E-state index contributed by atoms with van der Waals surface area (Å²) >= 11 is 0. The summed E-state index contributed by atoms with van der Waals surface area (Å²) in [4.78, 5) is 61.7. The second kappa shape index (κ2) is 18.6. The van der Waals surface area contributed by atoms with Crippen LogP contribution in [0.15, 0.2) is 54.7 Å². The number of rotatable bonds is 11. The molecule has 64 heavy (non-hydrogen) atoms. The molecule has 0 saturated carbocycles. The van der Waals surface area contributed by atoms with E-state index in [0.717, 1.165) is 44.5 Å². The van der Waals surface area contributed by atoms with Gasteiger partial charge in [-0.15, -0.1) is 0 Å². The van der Waals surface area contributed by atoms with Crippen LogP contribution in [-0.2, 0) is 52.8 Å². The molecule has 5 atom stereocenters. The molecule has 0 unspecified atom stereocenters. The predicted molar refractivity (Wildman–Crippen MR) is 242 cm³/mol. The van der Waals surface area contributed by atoms with E-state index in [1.165, 1.54) is 5.01 Å². The van der Waals surface area contributed by atoms with Gasteiger partial charge in [0.15, 0.2) is 0 Å². The van der Waals surface area contributed by atoms with Crippen molar-refractivity contribution in [2.45, 2.75) is 104 Å². The molecular weight excluding hydrogens is 815 g/mol. The zero-order valence-corrected chi connectivity index (χ0v) is 38.1. The van der Waals surface area contributed by atoms with Gasteiger partial charge in [0.1, 0.15) is 17.8 Å². The fraction of sp³-hybridized carbons (Fsp3) is 0.531. The van der Waals surface area contributed by atoms with Crippen molar-refractivity contribution in [3.8, 4) is 28.1 Å². The number of hydrogen-bond donors (Lipinski definition) is 4. The Hall–Kier alpha value is -5.35. The van der Waals surface area contributed by atoms with Crippen molar-refractivity contribution in [2.75, 3.05) is 46.5 Å². The Morgan fingerprint density at radius 2 is 1.86 bits per heavy atom. The van der Waals surface area contributed by atoms with Crippen LogP contribution in [0.1, 0.15) is 77.3 Å². The number of carbonyl (C=O) groups is 4. The Kier molecular flexibility index (Phi) is 13.2. The fourth-order valence-electron chi connectivity index (χ4n) is 9.33. The van der Waals surface area contributed by atoms with Gasteiger partial charge in [-0.3, -0.25) is 29.2 Å². The average molecular weight is 878 g/mol. The number of hydrazine groups is 1. The van der Waals surface area contributed by atoms with E-state index >= 15 is 0 Å². The largest absolute Gasteiger partial charge is 0.508 e. The third kappa shape index (κ3) is 9.53. The van der Waals surface area contributed by atoms with Gasteiger partial charge in [-0.1, -0.05) is 39.8 Å². The number of cyclic esters (lactones) is 1. The van der Waals surface area contributed by atoms with Crippen molar-refractivity contribution in [3.05, 3.63) is 71.5 Å². The quantitative estimate of drug-likeness (QED) is 0.118. The zero-order chi connectivity index (χ0) is 45.4. The predicted octanol–water partition coefficient (Wildman–Crippen LogP) is 4.92. The standard InChI is InChI=1S/C49H63N7O8/c1-8-55-42-14-13-31-21-36(42)37(44(55)35-11-9-15-50-43(35)29(4)62-7)22-49(5,6)27-64-48(61)39-12-10-16-56(53-39)47(60)40(19-30-17-32(31)20-33(57)18-30)52-45(58)38(28(2)3)26-63-34-24-54(25-34)46(59)41-23-51-41/h9,11,13-15,17-18,20-21,28-29,34,38-41,51,53,57H,8,10,12,16,19,22-27H2,1-7H3,(H,52,58)/t29-,38-,39-,40-,41+/m0/s1. The Labute approximate surface area is 375 Å². The van der Waals surface area contributed by atoms with Crippen LogP contribution in [0.25, 0.3) is 33.3 Å². The molecule has 6 heterocycles. The number of fused-ring (bicyclic) bond motifs is 6. The van der Waals surface area contributed by atoms with Crippen molar-refractivity contribution in [1.82, 2.24) is 35.5 Å². The number of methoxy groups -OCH3 is 1. The number of nitrogens with one attached hydrogen (secondary N) is 3. The van der Waals surface area contributed by atoms with Crippen molar-refractivity contribution in [1.29, 1.82) is 0 Å². The number of nitrogens with zero attached hydrogens (tertiary/aromatic N) is 4. The molecule has 4 aliphatic heterocycles. The molecule has 342 valence electrons. The minimum absolute atomic E-state index is 0.0270. The molecule has 8 rings (SSSR count). The number of aromatic nitrogens is 2. The Morgan fingerprint density at radius 3 is 2.58 bits per heavy atom. The van der Waals surface area contributed by atoms with E-state index in [2.05, 4.69) is 59.6 Å². The van der Waals surface area contributed by atoms with Gasteiger partial charge in [0.25, 0.3) is 5.91 Å². The monoisotopic (exact) mass is 877 g/mol. The number of aryl methyl sites for hydroxylation is 1. The minimum Gasteiger partial charge on any atom is -0.508 e. The number of hydrogen-bond acceptors (Lipinski definition) is 11. The number of pyridine rings is 1. The lowest BCUT2D eigenvalue weighted by Gasteiger charge is -2.39. The van der Waals surface area contributed by atoms with E-state index in [1.54, 1.807) is 30.3 Å². The van der Waals surface area contributed by atoms with E-state index in [4.69, 9.17) is 19.2 Å². The van der Waals surface area contributed by atoms with E-state index in [-0.39, 0.29) is 61.4 Å². The summed E-state index contributed by atoms with van der Waals surface area (Å²) in [5.41, 5.74) is 9.80. The fourth-order valence-corrected chi connectivity index (χ4v) is 9.33. The van der Waals surface area contributed by atoms with Gasteiger partial charge < -0.3 is 39.4 Å². The second-order valence-corrected chi connectivity index (χ2v) is 19.0. The van der Waals surface area contributed by atoms with E-state index in [9.17, 15) is 24.3 Å². The molecule has 15 nitrogen and oxygen atoms in total. The number of benzene rings is 2. The second-order valence-electron chi connectivity index (χ2n) is 19.0. The average Bonchev–Trinajstić information content (AvgIpc) is 4.08. The van der Waals surface area contributed by atoms with Crippen LogP contribution in [0.2, 0.25) is 0 Å². The van der Waals surface area contributed by atoms with Crippen molar-refractivity contribution in [2.24, 2.45) is 17.3 Å². The highest BCUT2D eigenvalue weighted by Crippen LogP contribution is 2.42. The molecule has 4 N–H and O–H groups in total. The smallest absolute Gasteiger partial charge is 0.324 e. The van der Waals surface area contributed by atoms with Crippen molar-refractivity contribution >= 4 is 34.6 Å². The molecule has 4 aromatic rings. The molecule has 0 aliphatic carbocycles. The van der Waals surface area contributed by atoms with Crippen LogP contribution in [-0.4, -0.2) is 119 Å². The van der Waals surface area contributed by atoms with Crippen molar-refractivity contribution in [3.63, 3.8) is 0 Å². The van der Waals surface area contributed by atoms with Gasteiger partial charge in [0, 0.05) is 74.3 Å². The summed E-state index contributed by atoms with van der Waals surface area (Å²) in [5.74, 6) is -1.80. The lowest BCUT2D eigenvalue weighted by molar-refractivity contribution is -0.155. The maximum atomic E-state index is 14.6. The number of esters is 1. The third-order valence-corrected chi connectivity index (χ3v) is 13.2. The van der Waals surface area contributed by atoms with E-state index < -0.39 is 35.3 Å². The van der Waals surface area contributed by atoms with Gasteiger partial charge >= 0.3 is 5.97 Å². The van der Waals surface area contributed by atoms with E-state index in [1.807, 2.05) is 39.0 Å². The SMILES string of the molecule is CCn1c(-c2cccnc2[C@H](C)OC)c2c3cc(ccc31)-c1cc(O)cc(c1)C[C@H](NC(=O)[C@@H](COC1CN(C(=O)[C@H]3CN3)C1)C(C)C)C(=O)N1CCC[C@H](N1)C(=O)OCC(C)(C)C2. The van der Waals surface area contributed by atoms with Crippen LogP contribution in [0.5, 0.6) is 5.75 Å². The minimum atomic E-state index is -1.05. The summed E-state index contributed by atoms with van der Waals surface area (Å²) in [5, 5.41) is 19.8. The summed E-state index contributed by atoms with van der Waals surface area (Å²) in [6.07, 6.45) is 3.00. The van der Waals surface area contributed by atoms with Gasteiger partial charge in [0.05, 0.1) is 48.8 Å². The first-order chi connectivity index (χ1) is 30.6. The Morgan fingerprint density at radius 1 is 1.08 bits per heavy atom. The van der Waals surface area contributed by atoms with Crippen LogP contribution in [0.3, 0.4) is 0 Å². The maximum Gasteiger partial charge on any atom is 0.324 e. The Bertz CT molecular complexity index is 2400. The summed E-state index contributed by atoms with van der Waals surface area (Å²) < 4.78 is 20.4. The van der Waals surface area contributed by atoms with Crippen LogP contribution >= 0.6 is 0 Å². The van der Waals surface area contributed by atoms with Gasteiger partial charge in [-0.25, -0.2) is 5.43 Å². The first-order valence-electron chi connectivity index (χ1n) is 22.8. The highest BCUT2D eigenvalue weighted by molar-refractivity contribution is 5.96. The highest BCUT2D eigenvalue weighted by Gasteiger charge is 2.41. The number of ether oxygens (including phenoxy) is 3. The number of phenols is 1. The molecule has 4 aliphatic rings. The first-order valence-corrected chi connectivity index (χ1v) is 22.8. The van der Waals surface area contributed by atoms with Crippen molar-refractivity contribution < 1.29 is 38.5 Å². The Balaban J connectivity index is 1.16. The van der Waals surface area contributed by atoms with Gasteiger partial charge in [0.2, 0.25) is 11.8 Å². The first kappa shape index (κ1) is 45.2. The number of phenolic OH excluding ortho intramolecular Hbond substituents is 1. The summed E-state index contributed by atoms with van der Waals surface area (Å²) in [6, 6.07) is 13.7. The van der Waals surface area contributed by atoms with Crippen LogP contribution < -0.4 is 16.1 Å². The molecular formula is C49H63N7O8. The number of amides is 3. The molecule has 2 aromatic carbocycles. The van der Waals surface area contributed by atoms with Gasteiger partial charge in [-0.2, -0.15) is 0 Å². The number of carbonyl (C=O) groups excluding carboxylic acids is 4. The molecule has 0 radical (unpaired) electrons. The zero-order valence-electron chi connectivity index (χ0n) is 38.1. The van der Waals surface area contributed by atoms with Crippen LogP contribution in [0.4, 0.5) is 0 Å². The third-order valence-electron chi connectivity index (χ3n) is 13.2. The lowest BCUT2D eigenvalue weighted by Crippen LogP contribution is -2.61. The maximum absolute atomic E-state index is 14.6. The summed E-state index contributed by atoms with van der Waals surface area (Å²) in [6.45, 7) is 15.1. The molecule has 3 amide bonds.